The molecule has 5 rings (SSSR count). The van der Waals surface area contributed by atoms with Gasteiger partial charge in [0.1, 0.15) is 34.2 Å². The first-order chi connectivity index (χ1) is 13.0. The molecule has 0 spiro atoms. The topological polar surface area (TPSA) is 87.0 Å². The van der Waals surface area contributed by atoms with Crippen molar-refractivity contribution in [3.8, 4) is 11.5 Å². The van der Waals surface area contributed by atoms with Gasteiger partial charge in [0.25, 0.3) is 0 Å². The van der Waals surface area contributed by atoms with Crippen molar-refractivity contribution in [1.29, 1.82) is 0 Å². The van der Waals surface area contributed by atoms with E-state index in [1.165, 1.54) is 18.2 Å². The Morgan fingerprint density at radius 1 is 1.11 bits per heavy atom. The van der Waals surface area contributed by atoms with Crippen molar-refractivity contribution in [3.63, 3.8) is 0 Å². The minimum atomic E-state index is -0.880. The number of alkyl halides is 1. The molecule has 1 fully saturated rings. The zero-order valence-corrected chi connectivity index (χ0v) is 14.2. The quantitative estimate of drug-likeness (QED) is 0.525. The molecule has 0 bridgehead atoms. The van der Waals surface area contributed by atoms with E-state index in [2.05, 4.69) is 0 Å². The van der Waals surface area contributed by atoms with Crippen LogP contribution in [0, 0.1) is 0 Å². The molecule has 1 aliphatic heterocycles. The van der Waals surface area contributed by atoms with Crippen LogP contribution in [-0.4, -0.2) is 34.4 Å². The van der Waals surface area contributed by atoms with E-state index in [9.17, 15) is 19.4 Å². The van der Waals surface area contributed by atoms with Gasteiger partial charge in [-0.25, -0.2) is 9.18 Å². The van der Waals surface area contributed by atoms with Gasteiger partial charge in [0.2, 0.25) is 0 Å². The summed E-state index contributed by atoms with van der Waals surface area (Å²) in [4.78, 5) is 14.6. The van der Waals surface area contributed by atoms with Gasteiger partial charge in [0.05, 0.1) is 5.39 Å². The molecule has 2 aromatic carbocycles. The molecule has 0 unspecified atom stereocenters. The third kappa shape index (κ3) is 2.46. The summed E-state index contributed by atoms with van der Waals surface area (Å²) in [6.45, 7) is 1.19. The minimum Gasteiger partial charge on any atom is -0.508 e. The molecule has 0 saturated carbocycles. The Morgan fingerprint density at radius 2 is 1.96 bits per heavy atom. The van der Waals surface area contributed by atoms with Crippen molar-refractivity contribution >= 4 is 32.9 Å². The molecular weight excluding hydrogens is 353 g/mol. The number of benzene rings is 2. The average Bonchev–Trinajstić information content (AvgIpc) is 3.21. The van der Waals surface area contributed by atoms with Gasteiger partial charge in [-0.1, -0.05) is 0 Å². The molecule has 1 aliphatic rings. The molecule has 138 valence electrons. The van der Waals surface area contributed by atoms with Gasteiger partial charge < -0.3 is 19.0 Å². The van der Waals surface area contributed by atoms with Gasteiger partial charge >= 0.3 is 5.63 Å². The fourth-order valence-corrected chi connectivity index (χ4v) is 3.88. The van der Waals surface area contributed by atoms with Crippen molar-refractivity contribution in [1.82, 2.24) is 4.90 Å². The zero-order chi connectivity index (χ0) is 18.7. The van der Waals surface area contributed by atoms with E-state index in [-0.39, 0.29) is 22.5 Å². The van der Waals surface area contributed by atoms with Crippen molar-refractivity contribution < 1.29 is 23.4 Å². The van der Waals surface area contributed by atoms with Crippen molar-refractivity contribution in [2.75, 3.05) is 13.1 Å². The minimum absolute atomic E-state index is 0.0192. The number of aromatic hydroxyl groups is 2. The molecule has 0 radical (unpaired) electrons. The summed E-state index contributed by atoms with van der Waals surface area (Å²) in [6.07, 6.45) is -0.423. The van der Waals surface area contributed by atoms with Crippen LogP contribution in [0.2, 0.25) is 0 Å². The smallest absolute Gasteiger partial charge is 0.348 e. The van der Waals surface area contributed by atoms with E-state index in [0.29, 0.717) is 53.6 Å². The number of hydrogen-bond donors (Lipinski definition) is 2. The summed E-state index contributed by atoms with van der Waals surface area (Å²) in [5.41, 5.74) is 0.913. The molecular formula is C20H16FNO5. The SMILES string of the molecule is O=c1oc2cc(O)ccc2c2oc3ccc(O)c(CN4CC[C@H](F)C4)c3c12. The second-order valence-corrected chi connectivity index (χ2v) is 6.93. The molecule has 4 aromatic rings. The molecule has 1 atom stereocenters. The monoisotopic (exact) mass is 369 g/mol. The number of phenols is 2. The van der Waals surface area contributed by atoms with E-state index in [4.69, 9.17) is 8.83 Å². The lowest BCUT2D eigenvalue weighted by atomic mass is 10.0. The number of likely N-dealkylation sites (tertiary alicyclic amines) is 1. The highest BCUT2D eigenvalue weighted by Gasteiger charge is 2.26. The van der Waals surface area contributed by atoms with E-state index in [1.807, 2.05) is 4.90 Å². The Balaban J connectivity index is 1.81. The van der Waals surface area contributed by atoms with Gasteiger partial charge in [-0.15, -0.1) is 0 Å². The largest absolute Gasteiger partial charge is 0.508 e. The van der Waals surface area contributed by atoms with Crippen molar-refractivity contribution in [3.05, 3.63) is 46.3 Å². The molecule has 2 N–H and O–H groups in total. The number of halogens is 1. The maximum absolute atomic E-state index is 13.5. The molecule has 1 saturated heterocycles. The van der Waals surface area contributed by atoms with Gasteiger partial charge in [-0.05, 0) is 30.7 Å². The molecule has 6 nitrogen and oxygen atoms in total. The van der Waals surface area contributed by atoms with Crippen molar-refractivity contribution in [2.45, 2.75) is 19.1 Å². The van der Waals surface area contributed by atoms with Gasteiger partial charge in [-0.2, -0.15) is 0 Å². The predicted octanol–water partition coefficient (Wildman–Crippen LogP) is 3.65. The van der Waals surface area contributed by atoms with E-state index in [0.717, 1.165) is 0 Å². The van der Waals surface area contributed by atoms with Crippen LogP contribution >= 0.6 is 0 Å². The van der Waals surface area contributed by atoms with Crippen LogP contribution in [0.25, 0.3) is 32.9 Å². The van der Waals surface area contributed by atoms with Crippen molar-refractivity contribution in [2.24, 2.45) is 0 Å². The summed E-state index contributed by atoms with van der Waals surface area (Å²) in [7, 11) is 0. The highest BCUT2D eigenvalue weighted by Crippen LogP contribution is 2.38. The first kappa shape index (κ1) is 16.1. The summed E-state index contributed by atoms with van der Waals surface area (Å²) < 4.78 is 24.8. The Labute approximate surface area is 152 Å². The third-order valence-electron chi connectivity index (χ3n) is 5.15. The molecule has 0 aliphatic carbocycles. The molecule has 3 heterocycles. The fourth-order valence-electron chi connectivity index (χ4n) is 3.88. The Hall–Kier alpha value is -3.06. The Morgan fingerprint density at radius 3 is 2.74 bits per heavy atom. The average molecular weight is 369 g/mol. The molecule has 7 heteroatoms. The highest BCUT2D eigenvalue weighted by atomic mass is 19.1. The van der Waals surface area contributed by atoms with Crippen LogP contribution in [0.5, 0.6) is 11.5 Å². The number of nitrogens with zero attached hydrogens (tertiary/aromatic N) is 1. The van der Waals surface area contributed by atoms with Crippen LogP contribution < -0.4 is 5.63 Å². The first-order valence-corrected chi connectivity index (χ1v) is 8.70. The first-order valence-electron chi connectivity index (χ1n) is 8.70. The predicted molar refractivity (Wildman–Crippen MR) is 97.9 cm³/mol. The molecule has 0 amide bonds. The van der Waals surface area contributed by atoms with Crippen LogP contribution in [0.3, 0.4) is 0 Å². The maximum Gasteiger partial charge on any atom is 0.348 e. The number of hydrogen-bond acceptors (Lipinski definition) is 6. The Bertz CT molecular complexity index is 1260. The lowest BCUT2D eigenvalue weighted by molar-refractivity contribution is 0.280. The van der Waals surface area contributed by atoms with Gasteiger partial charge in [-0.3, -0.25) is 4.90 Å². The van der Waals surface area contributed by atoms with Crippen LogP contribution in [0.1, 0.15) is 12.0 Å². The highest BCUT2D eigenvalue weighted by molar-refractivity contribution is 6.14. The standard InChI is InChI=1S/C20H16FNO5/c21-10-5-6-22(8-10)9-13-14(24)3-4-15-17(13)18-19(26-15)12-2-1-11(23)7-16(12)27-20(18)25/h1-4,7,10,23-24H,5-6,8-9H2/t10-/m0/s1. The number of phenolic OH excluding ortho intramolecular Hbond substituents is 2. The third-order valence-corrected chi connectivity index (χ3v) is 5.15. The van der Waals surface area contributed by atoms with Crippen LogP contribution in [0.4, 0.5) is 4.39 Å². The summed E-state index contributed by atoms with van der Waals surface area (Å²) in [5, 5.41) is 21.3. The van der Waals surface area contributed by atoms with Crippen LogP contribution in [0.15, 0.2) is 44.0 Å². The molecule has 27 heavy (non-hydrogen) atoms. The van der Waals surface area contributed by atoms with Crippen LogP contribution in [-0.2, 0) is 6.54 Å². The number of furan rings is 1. The summed E-state index contributed by atoms with van der Waals surface area (Å²) in [6, 6.07) is 7.57. The van der Waals surface area contributed by atoms with Gasteiger partial charge in [0.15, 0.2) is 5.58 Å². The van der Waals surface area contributed by atoms with E-state index < -0.39 is 11.8 Å². The number of rotatable bonds is 2. The van der Waals surface area contributed by atoms with E-state index >= 15 is 0 Å². The summed E-state index contributed by atoms with van der Waals surface area (Å²) in [5.74, 6) is 0.00645. The number of fused-ring (bicyclic) bond motifs is 5. The second-order valence-electron chi connectivity index (χ2n) is 6.93. The second kappa shape index (κ2) is 5.72. The fraction of sp³-hybridized carbons (Fsp3) is 0.250. The molecule has 2 aromatic heterocycles. The lowest BCUT2D eigenvalue weighted by Crippen LogP contribution is -2.20. The maximum atomic E-state index is 13.5. The van der Waals surface area contributed by atoms with E-state index in [1.54, 1.807) is 12.1 Å². The Kier molecular flexibility index (Phi) is 3.42. The van der Waals surface area contributed by atoms with Gasteiger partial charge in [0, 0.05) is 36.7 Å². The summed E-state index contributed by atoms with van der Waals surface area (Å²) >= 11 is 0. The normalized spacial score (nSPS) is 18.2. The zero-order valence-electron chi connectivity index (χ0n) is 14.2. The lowest BCUT2D eigenvalue weighted by Gasteiger charge is -2.16.